The molecule has 0 saturated carbocycles. The Balaban J connectivity index is 1.85. The van der Waals surface area contributed by atoms with Gasteiger partial charge in [0.25, 0.3) is 0 Å². The molecule has 1 atom stereocenters. The lowest BCUT2D eigenvalue weighted by molar-refractivity contribution is 0.442. The van der Waals surface area contributed by atoms with Crippen LogP contribution in [0.25, 0.3) is 0 Å². The predicted octanol–water partition coefficient (Wildman–Crippen LogP) is 1.88. The number of aliphatic imine (C=N–C) groups is 1. The van der Waals surface area contributed by atoms with Crippen LogP contribution in [0, 0.1) is 19.8 Å². The quantitative estimate of drug-likeness (QED) is 0.602. The molecule has 0 fully saturated rings. The number of oxazole rings is 1. The van der Waals surface area contributed by atoms with Crippen LogP contribution in [0.1, 0.15) is 31.2 Å². The Hall–Kier alpha value is -2.31. The summed E-state index contributed by atoms with van der Waals surface area (Å²) in [6, 6.07) is 1.94. The molecule has 2 N–H and O–H groups in total. The largest absolute Gasteiger partial charge is 0.444 e. The summed E-state index contributed by atoms with van der Waals surface area (Å²) in [6.45, 7) is 11.0. The number of guanidine groups is 1. The molecule has 2 aromatic heterocycles. The van der Waals surface area contributed by atoms with Crippen molar-refractivity contribution in [2.24, 2.45) is 10.9 Å². The molecule has 0 aromatic carbocycles. The molecule has 7 nitrogen and oxygen atoms in total. The van der Waals surface area contributed by atoms with Gasteiger partial charge in [-0.1, -0.05) is 6.92 Å². The van der Waals surface area contributed by atoms with Crippen LogP contribution in [-0.4, -0.2) is 33.8 Å². The Morgan fingerprint density at radius 2 is 2.22 bits per heavy atom. The molecule has 23 heavy (non-hydrogen) atoms. The van der Waals surface area contributed by atoms with Gasteiger partial charge in [0.05, 0.1) is 5.69 Å². The van der Waals surface area contributed by atoms with Crippen LogP contribution in [0.15, 0.2) is 27.9 Å². The van der Waals surface area contributed by atoms with Gasteiger partial charge in [-0.3, -0.25) is 4.68 Å². The van der Waals surface area contributed by atoms with Crippen molar-refractivity contribution < 1.29 is 4.42 Å². The van der Waals surface area contributed by atoms with Crippen LogP contribution >= 0.6 is 0 Å². The van der Waals surface area contributed by atoms with Gasteiger partial charge in [-0.05, 0) is 32.8 Å². The van der Waals surface area contributed by atoms with Crippen LogP contribution in [0.4, 0.5) is 0 Å². The summed E-state index contributed by atoms with van der Waals surface area (Å²) >= 11 is 0. The Labute approximate surface area is 137 Å². The van der Waals surface area contributed by atoms with Gasteiger partial charge in [-0.15, -0.1) is 0 Å². The Morgan fingerprint density at radius 3 is 2.83 bits per heavy atom. The number of rotatable bonds is 7. The van der Waals surface area contributed by atoms with E-state index in [-0.39, 0.29) is 0 Å². The lowest BCUT2D eigenvalue weighted by Crippen LogP contribution is -2.40. The van der Waals surface area contributed by atoms with E-state index in [0.29, 0.717) is 18.4 Å². The van der Waals surface area contributed by atoms with Crippen LogP contribution < -0.4 is 10.6 Å². The van der Waals surface area contributed by atoms with Crippen molar-refractivity contribution in [2.75, 3.05) is 13.1 Å². The van der Waals surface area contributed by atoms with E-state index in [4.69, 9.17) is 4.42 Å². The molecule has 0 aliphatic rings. The molecule has 0 bridgehead atoms. The molecule has 0 spiro atoms. The van der Waals surface area contributed by atoms with Gasteiger partial charge in [-0.2, -0.15) is 5.10 Å². The molecule has 0 amide bonds. The highest BCUT2D eigenvalue weighted by atomic mass is 16.4. The second-order valence-corrected chi connectivity index (χ2v) is 5.66. The molecule has 0 aliphatic heterocycles. The number of nitrogens with one attached hydrogen (secondary N) is 2. The molecule has 0 saturated heterocycles. The first-order chi connectivity index (χ1) is 11.1. The summed E-state index contributed by atoms with van der Waals surface area (Å²) in [7, 11) is 0. The lowest BCUT2D eigenvalue weighted by atomic mass is 10.2. The minimum Gasteiger partial charge on any atom is -0.444 e. The summed E-state index contributed by atoms with van der Waals surface area (Å²) in [5.74, 6) is 2.70. The number of nitrogens with zero attached hydrogens (tertiary/aromatic N) is 4. The van der Waals surface area contributed by atoms with E-state index in [9.17, 15) is 0 Å². The summed E-state index contributed by atoms with van der Waals surface area (Å²) in [5, 5.41) is 10.8. The number of aromatic nitrogens is 3. The molecule has 126 valence electrons. The fraction of sp³-hybridized carbons (Fsp3) is 0.562. The summed E-state index contributed by atoms with van der Waals surface area (Å²) in [6.07, 6.45) is 3.77. The summed E-state index contributed by atoms with van der Waals surface area (Å²) in [4.78, 5) is 8.87. The first-order valence-electron chi connectivity index (χ1n) is 8.01. The molecule has 7 heteroatoms. The smallest absolute Gasteiger partial charge is 0.216 e. The van der Waals surface area contributed by atoms with E-state index >= 15 is 0 Å². The van der Waals surface area contributed by atoms with Crippen molar-refractivity contribution in [1.29, 1.82) is 0 Å². The van der Waals surface area contributed by atoms with E-state index in [1.165, 1.54) is 0 Å². The molecule has 0 radical (unpaired) electrons. The van der Waals surface area contributed by atoms with Crippen molar-refractivity contribution >= 4 is 5.96 Å². The SMILES string of the molecule is CCNC(=NCc1nc(C)c(C)o1)NCC(C)Cn1cccn1. The second kappa shape index (κ2) is 8.36. The second-order valence-electron chi connectivity index (χ2n) is 5.66. The van der Waals surface area contributed by atoms with E-state index in [1.54, 1.807) is 6.20 Å². The van der Waals surface area contributed by atoms with Gasteiger partial charge in [0.1, 0.15) is 12.3 Å². The Morgan fingerprint density at radius 1 is 1.39 bits per heavy atom. The predicted molar refractivity (Wildman–Crippen MR) is 90.2 cm³/mol. The highest BCUT2D eigenvalue weighted by Crippen LogP contribution is 2.08. The highest BCUT2D eigenvalue weighted by Gasteiger charge is 2.07. The zero-order valence-corrected chi connectivity index (χ0v) is 14.3. The zero-order valence-electron chi connectivity index (χ0n) is 14.3. The molecule has 1 unspecified atom stereocenters. The van der Waals surface area contributed by atoms with Crippen molar-refractivity contribution in [3.05, 3.63) is 35.8 Å². The van der Waals surface area contributed by atoms with Crippen molar-refractivity contribution in [3.63, 3.8) is 0 Å². The fourth-order valence-corrected chi connectivity index (χ4v) is 2.16. The van der Waals surface area contributed by atoms with Gasteiger partial charge in [0.2, 0.25) is 5.89 Å². The number of hydrogen-bond donors (Lipinski definition) is 2. The molecule has 2 rings (SSSR count). The molecular formula is C16H26N6O. The topological polar surface area (TPSA) is 80.3 Å². The van der Waals surface area contributed by atoms with E-state index in [1.807, 2.05) is 37.7 Å². The highest BCUT2D eigenvalue weighted by molar-refractivity contribution is 5.79. The maximum Gasteiger partial charge on any atom is 0.216 e. The van der Waals surface area contributed by atoms with Crippen LogP contribution in [0.2, 0.25) is 0 Å². The van der Waals surface area contributed by atoms with E-state index < -0.39 is 0 Å². The third-order valence-corrected chi connectivity index (χ3v) is 3.47. The average Bonchev–Trinajstić information content (AvgIpc) is 3.12. The maximum atomic E-state index is 5.55. The van der Waals surface area contributed by atoms with Gasteiger partial charge in [-0.25, -0.2) is 9.98 Å². The standard InChI is InChI=1S/C16H26N6O/c1-5-17-16(19-10-15-21-13(3)14(4)23-15)18-9-12(2)11-22-8-6-7-20-22/h6-8,12H,5,9-11H2,1-4H3,(H2,17,18,19). The van der Waals surface area contributed by atoms with Crippen LogP contribution in [0.3, 0.4) is 0 Å². The summed E-state index contributed by atoms with van der Waals surface area (Å²) in [5.41, 5.74) is 0.918. The number of hydrogen-bond acceptors (Lipinski definition) is 4. The van der Waals surface area contributed by atoms with Crippen LogP contribution in [-0.2, 0) is 13.1 Å². The summed E-state index contributed by atoms with van der Waals surface area (Å²) < 4.78 is 7.49. The molecular weight excluding hydrogens is 292 g/mol. The molecule has 2 aromatic rings. The van der Waals surface area contributed by atoms with Gasteiger partial charge in [0, 0.05) is 32.0 Å². The van der Waals surface area contributed by atoms with E-state index in [0.717, 1.165) is 37.0 Å². The first-order valence-corrected chi connectivity index (χ1v) is 8.01. The third kappa shape index (κ3) is 5.43. The average molecular weight is 318 g/mol. The number of aryl methyl sites for hydroxylation is 2. The Kier molecular flexibility index (Phi) is 6.19. The zero-order chi connectivity index (χ0) is 16.7. The van der Waals surface area contributed by atoms with Crippen molar-refractivity contribution in [2.45, 2.75) is 40.8 Å². The molecule has 0 aliphatic carbocycles. The van der Waals surface area contributed by atoms with Gasteiger partial charge >= 0.3 is 0 Å². The minimum atomic E-state index is 0.428. The van der Waals surface area contributed by atoms with Crippen LogP contribution in [0.5, 0.6) is 0 Å². The first kappa shape index (κ1) is 17.1. The monoisotopic (exact) mass is 318 g/mol. The van der Waals surface area contributed by atoms with Gasteiger partial charge < -0.3 is 15.1 Å². The Bertz CT molecular complexity index is 597. The molecule has 2 heterocycles. The minimum absolute atomic E-state index is 0.428. The van der Waals surface area contributed by atoms with Crippen molar-refractivity contribution in [1.82, 2.24) is 25.4 Å². The third-order valence-electron chi connectivity index (χ3n) is 3.47. The van der Waals surface area contributed by atoms with Gasteiger partial charge in [0.15, 0.2) is 5.96 Å². The lowest BCUT2D eigenvalue weighted by Gasteiger charge is -2.15. The maximum absolute atomic E-state index is 5.55. The fourth-order valence-electron chi connectivity index (χ4n) is 2.16. The normalized spacial score (nSPS) is 13.1. The van der Waals surface area contributed by atoms with Crippen molar-refractivity contribution in [3.8, 4) is 0 Å². The van der Waals surface area contributed by atoms with E-state index in [2.05, 4.69) is 32.6 Å².